The number of halogens is 3. The Labute approximate surface area is 143 Å². The van der Waals surface area contributed by atoms with Crippen molar-refractivity contribution in [3.05, 3.63) is 82.8 Å². The Kier molecular flexibility index (Phi) is 4.49. The first kappa shape index (κ1) is 17.0. The van der Waals surface area contributed by atoms with E-state index in [9.17, 15) is 18.0 Å². The molecule has 0 fully saturated rings. The van der Waals surface area contributed by atoms with Crippen LogP contribution in [0.15, 0.2) is 71.8 Å². The Hall–Kier alpha value is -2.82. The van der Waals surface area contributed by atoms with Crippen molar-refractivity contribution < 1.29 is 13.2 Å². The van der Waals surface area contributed by atoms with E-state index >= 15 is 0 Å². The molecule has 25 heavy (non-hydrogen) atoms. The minimum absolute atomic E-state index is 0.136. The van der Waals surface area contributed by atoms with Crippen molar-refractivity contribution in [2.24, 2.45) is 7.05 Å². The van der Waals surface area contributed by atoms with Crippen molar-refractivity contribution in [2.45, 2.75) is 12.6 Å². The van der Waals surface area contributed by atoms with Crippen LogP contribution in [0.5, 0.6) is 0 Å². The molecule has 0 bridgehead atoms. The minimum Gasteiger partial charge on any atom is -0.356 e. The second kappa shape index (κ2) is 6.59. The van der Waals surface area contributed by atoms with E-state index in [1.54, 1.807) is 36.1 Å². The van der Waals surface area contributed by atoms with Crippen molar-refractivity contribution in [3.8, 4) is 22.3 Å². The maximum Gasteiger partial charge on any atom is 0.393 e. The summed E-state index contributed by atoms with van der Waals surface area (Å²) < 4.78 is 39.7. The molecular weight excluding hydrogens is 327 g/mol. The molecule has 0 amide bonds. The van der Waals surface area contributed by atoms with E-state index in [0.29, 0.717) is 16.7 Å². The van der Waals surface area contributed by atoms with E-state index in [1.165, 1.54) is 12.1 Å². The van der Waals surface area contributed by atoms with E-state index in [1.807, 2.05) is 30.3 Å². The molecule has 1 aromatic heterocycles. The molecule has 0 aliphatic heterocycles. The number of rotatable bonds is 3. The number of aromatic nitrogens is 1. The van der Waals surface area contributed by atoms with Crippen molar-refractivity contribution in [1.29, 1.82) is 0 Å². The molecule has 0 aliphatic rings. The summed E-state index contributed by atoms with van der Waals surface area (Å²) in [6.07, 6.45) is -1.93. The lowest BCUT2D eigenvalue weighted by Gasteiger charge is -2.11. The molecule has 0 atom stereocenters. The molecule has 0 unspecified atom stereocenters. The standard InChI is InChI=1S/C20H16F3NO/c1-24-12-17(15-7-3-2-4-8-15)19(25)18(13-24)16-9-5-6-14(10-16)11-20(21,22)23/h2-10,12-13H,11H2,1H3. The van der Waals surface area contributed by atoms with Crippen LogP contribution in [0.3, 0.4) is 0 Å². The van der Waals surface area contributed by atoms with Crippen LogP contribution in [0.4, 0.5) is 13.2 Å². The van der Waals surface area contributed by atoms with E-state index < -0.39 is 12.6 Å². The summed E-state index contributed by atoms with van der Waals surface area (Å²) in [6.45, 7) is 0. The molecule has 0 aliphatic carbocycles. The van der Waals surface area contributed by atoms with Gasteiger partial charge in [0.2, 0.25) is 0 Å². The highest BCUT2D eigenvalue weighted by Crippen LogP contribution is 2.25. The van der Waals surface area contributed by atoms with Crippen LogP contribution in [0.25, 0.3) is 22.3 Å². The monoisotopic (exact) mass is 343 g/mol. The van der Waals surface area contributed by atoms with Gasteiger partial charge in [0, 0.05) is 30.6 Å². The van der Waals surface area contributed by atoms with Gasteiger partial charge >= 0.3 is 6.18 Å². The largest absolute Gasteiger partial charge is 0.393 e. The van der Waals surface area contributed by atoms with Gasteiger partial charge in [0.05, 0.1) is 6.42 Å². The quantitative estimate of drug-likeness (QED) is 0.668. The van der Waals surface area contributed by atoms with Gasteiger partial charge in [-0.05, 0) is 16.7 Å². The molecule has 3 aromatic rings. The second-order valence-corrected chi connectivity index (χ2v) is 5.94. The zero-order chi connectivity index (χ0) is 18.0. The summed E-state index contributed by atoms with van der Waals surface area (Å²) in [5.74, 6) is 0. The van der Waals surface area contributed by atoms with Crippen LogP contribution in [0.1, 0.15) is 5.56 Å². The van der Waals surface area contributed by atoms with Gasteiger partial charge in [-0.15, -0.1) is 0 Å². The summed E-state index contributed by atoms with van der Waals surface area (Å²) in [5.41, 5.74) is 2.09. The first-order valence-corrected chi connectivity index (χ1v) is 7.75. The maximum atomic E-state index is 12.9. The predicted octanol–water partition coefficient (Wildman–Crippen LogP) is 4.82. The van der Waals surface area contributed by atoms with Crippen LogP contribution in [0, 0.1) is 0 Å². The fourth-order valence-corrected chi connectivity index (χ4v) is 2.82. The van der Waals surface area contributed by atoms with Crippen molar-refractivity contribution in [1.82, 2.24) is 4.57 Å². The predicted molar refractivity (Wildman–Crippen MR) is 92.3 cm³/mol. The van der Waals surface area contributed by atoms with E-state index in [4.69, 9.17) is 0 Å². The maximum absolute atomic E-state index is 12.9. The lowest BCUT2D eigenvalue weighted by Crippen LogP contribution is -2.13. The Morgan fingerprint density at radius 3 is 2.12 bits per heavy atom. The lowest BCUT2D eigenvalue weighted by molar-refractivity contribution is -0.127. The number of alkyl halides is 3. The summed E-state index contributed by atoms with van der Waals surface area (Å²) >= 11 is 0. The average Bonchev–Trinajstić information content (AvgIpc) is 2.56. The molecule has 0 radical (unpaired) electrons. The van der Waals surface area contributed by atoms with Crippen molar-refractivity contribution >= 4 is 0 Å². The van der Waals surface area contributed by atoms with Crippen LogP contribution in [-0.2, 0) is 13.5 Å². The molecule has 1 heterocycles. The molecule has 3 rings (SSSR count). The highest BCUT2D eigenvalue weighted by atomic mass is 19.4. The Morgan fingerprint density at radius 2 is 1.48 bits per heavy atom. The third-order valence-electron chi connectivity index (χ3n) is 3.88. The van der Waals surface area contributed by atoms with Crippen LogP contribution in [-0.4, -0.2) is 10.7 Å². The van der Waals surface area contributed by atoms with E-state index in [0.717, 1.165) is 5.56 Å². The first-order valence-electron chi connectivity index (χ1n) is 7.75. The number of nitrogens with zero attached hydrogens (tertiary/aromatic N) is 1. The van der Waals surface area contributed by atoms with E-state index in [-0.39, 0.29) is 11.0 Å². The third-order valence-corrected chi connectivity index (χ3v) is 3.88. The summed E-state index contributed by atoms with van der Waals surface area (Å²) in [7, 11) is 1.79. The molecule has 0 saturated carbocycles. The average molecular weight is 343 g/mol. The van der Waals surface area contributed by atoms with Gasteiger partial charge in [0.25, 0.3) is 0 Å². The normalized spacial score (nSPS) is 11.5. The molecule has 128 valence electrons. The molecule has 0 saturated heterocycles. The molecule has 5 heteroatoms. The van der Waals surface area contributed by atoms with Gasteiger partial charge in [-0.2, -0.15) is 13.2 Å². The Morgan fingerprint density at radius 1 is 0.880 bits per heavy atom. The Balaban J connectivity index is 2.11. The highest BCUT2D eigenvalue weighted by molar-refractivity contribution is 5.72. The number of hydrogen-bond donors (Lipinski definition) is 0. The minimum atomic E-state index is -4.28. The van der Waals surface area contributed by atoms with Gasteiger partial charge < -0.3 is 4.57 Å². The number of pyridine rings is 1. The first-order chi connectivity index (χ1) is 11.8. The molecule has 0 spiro atoms. The number of aryl methyl sites for hydroxylation is 1. The van der Waals surface area contributed by atoms with Crippen molar-refractivity contribution in [3.63, 3.8) is 0 Å². The third kappa shape index (κ3) is 3.99. The number of benzene rings is 2. The molecule has 2 aromatic carbocycles. The number of hydrogen-bond acceptors (Lipinski definition) is 1. The van der Waals surface area contributed by atoms with Gasteiger partial charge in [0.15, 0.2) is 5.43 Å². The van der Waals surface area contributed by atoms with Crippen LogP contribution < -0.4 is 5.43 Å². The smallest absolute Gasteiger partial charge is 0.356 e. The zero-order valence-electron chi connectivity index (χ0n) is 13.5. The zero-order valence-corrected chi connectivity index (χ0v) is 13.5. The van der Waals surface area contributed by atoms with E-state index in [2.05, 4.69) is 0 Å². The summed E-state index contributed by atoms with van der Waals surface area (Å²) in [5, 5.41) is 0. The van der Waals surface area contributed by atoms with Gasteiger partial charge in [-0.25, -0.2) is 0 Å². The topological polar surface area (TPSA) is 22.0 Å². The second-order valence-electron chi connectivity index (χ2n) is 5.94. The fourth-order valence-electron chi connectivity index (χ4n) is 2.82. The van der Waals surface area contributed by atoms with Crippen LogP contribution in [0.2, 0.25) is 0 Å². The fraction of sp³-hybridized carbons (Fsp3) is 0.150. The highest BCUT2D eigenvalue weighted by Gasteiger charge is 2.27. The Bertz CT molecular complexity index is 943. The molecule has 0 N–H and O–H groups in total. The molecular formula is C20H16F3NO. The van der Waals surface area contributed by atoms with Crippen molar-refractivity contribution in [2.75, 3.05) is 0 Å². The SMILES string of the molecule is Cn1cc(-c2ccccc2)c(=O)c(-c2cccc(CC(F)(F)F)c2)c1. The molecule has 2 nitrogen and oxygen atoms in total. The van der Waals surface area contributed by atoms with Gasteiger partial charge in [-0.3, -0.25) is 4.79 Å². The van der Waals surface area contributed by atoms with Crippen LogP contribution >= 0.6 is 0 Å². The van der Waals surface area contributed by atoms with Gasteiger partial charge in [-0.1, -0.05) is 54.6 Å². The lowest BCUT2D eigenvalue weighted by atomic mass is 9.99. The van der Waals surface area contributed by atoms with Gasteiger partial charge in [0.1, 0.15) is 0 Å². The summed E-state index contributed by atoms with van der Waals surface area (Å²) in [4.78, 5) is 12.9. The summed E-state index contributed by atoms with van der Waals surface area (Å²) in [6, 6.07) is 15.3.